The summed E-state index contributed by atoms with van der Waals surface area (Å²) >= 11 is 0. The maximum atomic E-state index is 11.0. The third kappa shape index (κ3) is 2.26. The number of ether oxygens (including phenoxy) is 1. The highest BCUT2D eigenvalue weighted by atomic mass is 16.5. The molecule has 138 valence electrons. The fourth-order valence-electron chi connectivity index (χ4n) is 6.40. The van der Waals surface area contributed by atoms with Crippen LogP contribution in [0.15, 0.2) is 12.7 Å². The standard InChI is InChI=1S/C20H34O4/c1-6-17(2)9-7-14-19(4,24-17)10-8-13-18(3,12-21)15(22)11-16(23)20(13,14)5/h6,13-16,21-23H,1,7-12H2,2-5H3/t13-,14-,15-,16+,17-,18-,19+,20-/m0/s1. The Morgan fingerprint density at radius 3 is 2.25 bits per heavy atom. The van der Waals surface area contributed by atoms with Crippen molar-refractivity contribution in [1.82, 2.24) is 0 Å². The highest BCUT2D eigenvalue weighted by molar-refractivity contribution is 5.16. The van der Waals surface area contributed by atoms with Crippen molar-refractivity contribution in [2.75, 3.05) is 6.61 Å². The van der Waals surface area contributed by atoms with Gasteiger partial charge in [0.15, 0.2) is 0 Å². The van der Waals surface area contributed by atoms with Crippen LogP contribution in [0.3, 0.4) is 0 Å². The van der Waals surface area contributed by atoms with Gasteiger partial charge in [0.2, 0.25) is 0 Å². The Hall–Kier alpha value is -0.420. The highest BCUT2D eigenvalue weighted by Gasteiger charge is 2.66. The van der Waals surface area contributed by atoms with E-state index in [1.807, 2.05) is 13.0 Å². The van der Waals surface area contributed by atoms with Crippen LogP contribution in [0, 0.1) is 22.7 Å². The Bertz CT molecular complexity index is 522. The molecule has 3 aliphatic rings. The molecule has 1 aliphatic heterocycles. The Kier molecular flexibility index (Phi) is 4.24. The number of hydrogen-bond donors (Lipinski definition) is 3. The van der Waals surface area contributed by atoms with Crippen molar-refractivity contribution < 1.29 is 20.1 Å². The SMILES string of the molecule is C=C[C@@]1(C)CC[C@@H]2[C@@]3(C)[C@H](O)C[C@H](O)[C@@](C)(CO)[C@@H]3CC[C@@]2(C)O1. The number of fused-ring (bicyclic) bond motifs is 3. The molecule has 4 nitrogen and oxygen atoms in total. The molecule has 3 fully saturated rings. The van der Waals surface area contributed by atoms with E-state index < -0.39 is 17.6 Å². The molecule has 0 aromatic carbocycles. The van der Waals surface area contributed by atoms with Gasteiger partial charge in [0.25, 0.3) is 0 Å². The Morgan fingerprint density at radius 2 is 1.67 bits per heavy atom. The van der Waals surface area contributed by atoms with Crippen LogP contribution >= 0.6 is 0 Å². The molecule has 0 aromatic rings. The van der Waals surface area contributed by atoms with Crippen LogP contribution in [0.5, 0.6) is 0 Å². The Morgan fingerprint density at radius 1 is 1.04 bits per heavy atom. The van der Waals surface area contributed by atoms with E-state index in [1.165, 1.54) is 0 Å². The topological polar surface area (TPSA) is 69.9 Å². The van der Waals surface area contributed by atoms with Crippen LogP contribution in [0.4, 0.5) is 0 Å². The van der Waals surface area contributed by atoms with E-state index in [4.69, 9.17) is 4.74 Å². The molecule has 0 unspecified atom stereocenters. The molecule has 1 heterocycles. The average molecular weight is 338 g/mol. The predicted molar refractivity (Wildman–Crippen MR) is 93.5 cm³/mol. The number of hydrogen-bond acceptors (Lipinski definition) is 4. The van der Waals surface area contributed by atoms with Gasteiger partial charge in [-0.05, 0) is 51.4 Å². The van der Waals surface area contributed by atoms with Crippen molar-refractivity contribution in [3.05, 3.63) is 12.7 Å². The van der Waals surface area contributed by atoms with E-state index in [0.29, 0.717) is 6.42 Å². The first-order valence-corrected chi connectivity index (χ1v) is 9.36. The number of rotatable bonds is 2. The van der Waals surface area contributed by atoms with Crippen molar-refractivity contribution in [1.29, 1.82) is 0 Å². The van der Waals surface area contributed by atoms with Crippen LogP contribution in [-0.2, 0) is 4.74 Å². The lowest BCUT2D eigenvalue weighted by atomic mass is 9.42. The van der Waals surface area contributed by atoms with Crippen molar-refractivity contribution in [3.63, 3.8) is 0 Å². The molecule has 24 heavy (non-hydrogen) atoms. The molecule has 3 rings (SSSR count). The van der Waals surface area contributed by atoms with Crippen LogP contribution in [0.1, 0.15) is 59.8 Å². The van der Waals surface area contributed by atoms with Gasteiger partial charge in [-0.15, -0.1) is 6.58 Å². The summed E-state index contributed by atoms with van der Waals surface area (Å²) in [5.41, 5.74) is -1.53. The van der Waals surface area contributed by atoms with Gasteiger partial charge < -0.3 is 20.1 Å². The second-order valence-electron chi connectivity index (χ2n) is 9.41. The summed E-state index contributed by atoms with van der Waals surface area (Å²) in [6.07, 6.45) is 4.60. The molecule has 4 heteroatoms. The first-order valence-electron chi connectivity index (χ1n) is 9.36. The monoisotopic (exact) mass is 338 g/mol. The Balaban J connectivity index is 2.02. The summed E-state index contributed by atoms with van der Waals surface area (Å²) in [6.45, 7) is 12.3. The van der Waals surface area contributed by atoms with Crippen molar-refractivity contribution in [2.24, 2.45) is 22.7 Å². The van der Waals surface area contributed by atoms with Gasteiger partial charge in [-0.25, -0.2) is 0 Å². The minimum atomic E-state index is -0.664. The van der Waals surface area contributed by atoms with Gasteiger partial charge in [0.1, 0.15) is 0 Å². The number of aliphatic hydroxyl groups is 3. The van der Waals surface area contributed by atoms with Gasteiger partial charge in [-0.1, -0.05) is 19.9 Å². The summed E-state index contributed by atoms with van der Waals surface area (Å²) in [5, 5.41) is 31.6. The highest BCUT2D eigenvalue weighted by Crippen LogP contribution is 2.65. The molecule has 0 amide bonds. The fourth-order valence-corrected chi connectivity index (χ4v) is 6.40. The zero-order chi connectivity index (χ0) is 18.0. The van der Waals surface area contributed by atoms with Crippen molar-refractivity contribution in [2.45, 2.75) is 83.2 Å². The summed E-state index contributed by atoms with van der Waals surface area (Å²) in [6, 6.07) is 0. The Labute approximate surface area is 145 Å². The molecule has 8 atom stereocenters. The van der Waals surface area contributed by atoms with Gasteiger partial charge in [-0.3, -0.25) is 0 Å². The number of aliphatic hydroxyl groups excluding tert-OH is 3. The summed E-state index contributed by atoms with van der Waals surface area (Å²) in [5.74, 6) is 0.300. The third-order valence-electron chi connectivity index (χ3n) is 8.06. The van der Waals surface area contributed by atoms with Crippen LogP contribution in [-0.4, -0.2) is 45.3 Å². The van der Waals surface area contributed by atoms with Gasteiger partial charge in [-0.2, -0.15) is 0 Å². The van der Waals surface area contributed by atoms with Crippen LogP contribution in [0.25, 0.3) is 0 Å². The van der Waals surface area contributed by atoms with E-state index >= 15 is 0 Å². The zero-order valence-electron chi connectivity index (χ0n) is 15.6. The van der Waals surface area contributed by atoms with Gasteiger partial charge in [0.05, 0.1) is 30.0 Å². The molecule has 0 spiro atoms. The fraction of sp³-hybridized carbons (Fsp3) is 0.900. The second kappa shape index (κ2) is 5.54. The van der Waals surface area contributed by atoms with E-state index in [2.05, 4.69) is 27.4 Å². The minimum absolute atomic E-state index is 0.0458. The third-order valence-corrected chi connectivity index (χ3v) is 8.06. The summed E-state index contributed by atoms with van der Waals surface area (Å²) in [4.78, 5) is 0. The second-order valence-corrected chi connectivity index (χ2v) is 9.41. The smallest absolute Gasteiger partial charge is 0.0839 e. The van der Waals surface area contributed by atoms with Crippen LogP contribution < -0.4 is 0 Å². The predicted octanol–water partition coefficient (Wildman–Crippen LogP) is 2.66. The zero-order valence-corrected chi connectivity index (χ0v) is 15.6. The lowest BCUT2D eigenvalue weighted by Crippen LogP contribution is -2.69. The first-order chi connectivity index (χ1) is 11.1. The van der Waals surface area contributed by atoms with E-state index in [0.717, 1.165) is 25.7 Å². The molecule has 1 saturated heterocycles. The maximum absolute atomic E-state index is 11.0. The molecule has 2 aliphatic carbocycles. The largest absolute Gasteiger partial charge is 0.396 e. The lowest BCUT2D eigenvalue weighted by Gasteiger charge is -2.67. The minimum Gasteiger partial charge on any atom is -0.396 e. The lowest BCUT2D eigenvalue weighted by molar-refractivity contribution is -0.291. The van der Waals surface area contributed by atoms with Crippen LogP contribution in [0.2, 0.25) is 0 Å². The molecule has 3 N–H and O–H groups in total. The summed E-state index contributed by atoms with van der Waals surface area (Å²) < 4.78 is 6.55. The molecule has 0 bridgehead atoms. The van der Waals surface area contributed by atoms with E-state index in [9.17, 15) is 15.3 Å². The summed E-state index contributed by atoms with van der Waals surface area (Å²) in [7, 11) is 0. The van der Waals surface area contributed by atoms with Crippen molar-refractivity contribution in [3.8, 4) is 0 Å². The molecule has 2 saturated carbocycles. The average Bonchev–Trinajstić information content (AvgIpc) is 2.52. The maximum Gasteiger partial charge on any atom is 0.0839 e. The van der Waals surface area contributed by atoms with E-state index in [1.54, 1.807) is 0 Å². The first kappa shape index (κ1) is 18.4. The molecular weight excluding hydrogens is 304 g/mol. The van der Waals surface area contributed by atoms with Gasteiger partial charge in [0, 0.05) is 17.3 Å². The van der Waals surface area contributed by atoms with Crippen molar-refractivity contribution >= 4 is 0 Å². The quantitative estimate of drug-likeness (QED) is 0.677. The molecular formula is C20H34O4. The van der Waals surface area contributed by atoms with Gasteiger partial charge >= 0.3 is 0 Å². The molecule has 0 aromatic heterocycles. The normalized spacial score (nSPS) is 57.8. The molecule has 0 radical (unpaired) electrons. The van der Waals surface area contributed by atoms with E-state index in [-0.39, 0.29) is 35.1 Å².